The van der Waals surface area contributed by atoms with E-state index >= 15 is 0 Å². The van der Waals surface area contributed by atoms with Gasteiger partial charge in [0.05, 0.1) is 11.0 Å². The Morgan fingerprint density at radius 1 is 0.303 bits per heavy atom. The van der Waals surface area contributed by atoms with E-state index in [0.717, 1.165) is 88.0 Å². The summed E-state index contributed by atoms with van der Waals surface area (Å²) >= 11 is 0. The lowest BCUT2D eigenvalue weighted by Crippen LogP contribution is -2.02. The summed E-state index contributed by atoms with van der Waals surface area (Å²) in [6, 6.07) is 77.5. The van der Waals surface area contributed by atoms with E-state index in [1.807, 2.05) is 18.2 Å². The van der Waals surface area contributed by atoms with E-state index in [1.165, 1.54) is 32.3 Å². The normalized spacial score (nSPS) is 11.9. The van der Waals surface area contributed by atoms with E-state index in [4.69, 9.17) is 19.4 Å². The molecule has 3 heterocycles. The molecule has 0 bridgehead atoms. The Bertz CT molecular complexity index is 4300. The molecule has 306 valence electrons. The van der Waals surface area contributed by atoms with Crippen LogP contribution in [0.3, 0.4) is 0 Å². The first-order chi connectivity index (χ1) is 32.7. The van der Waals surface area contributed by atoms with Crippen LogP contribution in [0.25, 0.3) is 138 Å². The van der Waals surface area contributed by atoms with Crippen molar-refractivity contribution in [1.82, 2.24) is 19.5 Å². The minimum atomic E-state index is 0.584. The third-order valence-electron chi connectivity index (χ3n) is 13.4. The van der Waals surface area contributed by atoms with Gasteiger partial charge in [-0.15, -0.1) is 0 Å². The van der Waals surface area contributed by atoms with Crippen LogP contribution in [0.1, 0.15) is 0 Å². The van der Waals surface area contributed by atoms with Crippen LogP contribution in [-0.4, -0.2) is 19.5 Å². The van der Waals surface area contributed by atoms with E-state index < -0.39 is 0 Å². The molecule has 0 aliphatic carbocycles. The van der Waals surface area contributed by atoms with Gasteiger partial charge in [0.25, 0.3) is 0 Å². The van der Waals surface area contributed by atoms with E-state index in [1.54, 1.807) is 0 Å². The molecule has 14 aromatic rings. The van der Waals surface area contributed by atoms with Crippen molar-refractivity contribution in [2.45, 2.75) is 0 Å². The predicted molar refractivity (Wildman–Crippen MR) is 273 cm³/mol. The van der Waals surface area contributed by atoms with Gasteiger partial charge in [0, 0.05) is 43.9 Å². The van der Waals surface area contributed by atoms with Crippen molar-refractivity contribution in [1.29, 1.82) is 0 Å². The molecular weight excluding hydrogens is 805 g/mol. The number of nitrogens with zero attached hydrogens (tertiary/aromatic N) is 4. The molecule has 0 aliphatic heterocycles. The number of benzene rings is 11. The zero-order chi connectivity index (χ0) is 43.3. The third-order valence-corrected chi connectivity index (χ3v) is 13.4. The van der Waals surface area contributed by atoms with Gasteiger partial charge in [-0.3, -0.25) is 0 Å². The number of hydrogen-bond donors (Lipinski definition) is 0. The number of hydrogen-bond acceptors (Lipinski definition) is 4. The Kier molecular flexibility index (Phi) is 7.91. The fourth-order valence-electron chi connectivity index (χ4n) is 10.4. The molecule has 66 heavy (non-hydrogen) atoms. The summed E-state index contributed by atoms with van der Waals surface area (Å²) in [4.78, 5) is 16.1. The molecule has 0 atom stereocenters. The van der Waals surface area contributed by atoms with Crippen molar-refractivity contribution < 1.29 is 4.42 Å². The molecule has 11 aromatic carbocycles. The highest BCUT2D eigenvalue weighted by atomic mass is 16.3. The lowest BCUT2D eigenvalue weighted by atomic mass is 9.93. The van der Waals surface area contributed by atoms with Crippen LogP contribution < -0.4 is 0 Å². The van der Waals surface area contributed by atoms with Crippen molar-refractivity contribution in [3.8, 4) is 51.0 Å². The maximum atomic E-state index is 6.71. The van der Waals surface area contributed by atoms with E-state index in [0.29, 0.717) is 17.5 Å². The predicted octanol–water partition coefficient (Wildman–Crippen LogP) is 16.1. The number of furan rings is 1. The van der Waals surface area contributed by atoms with Crippen LogP contribution in [0.5, 0.6) is 0 Å². The van der Waals surface area contributed by atoms with Crippen LogP contribution in [0.15, 0.2) is 223 Å². The molecule has 0 aliphatic rings. The van der Waals surface area contributed by atoms with E-state index in [2.05, 4.69) is 205 Å². The van der Waals surface area contributed by atoms with Crippen molar-refractivity contribution in [2.75, 3.05) is 0 Å². The monoisotopic (exact) mass is 840 g/mol. The maximum absolute atomic E-state index is 6.71. The third kappa shape index (κ3) is 5.57. The lowest BCUT2D eigenvalue weighted by molar-refractivity contribution is 0.669. The summed E-state index contributed by atoms with van der Waals surface area (Å²) in [6.07, 6.45) is 0. The Morgan fingerprint density at radius 2 is 0.924 bits per heavy atom. The topological polar surface area (TPSA) is 56.7 Å². The largest absolute Gasteiger partial charge is 0.456 e. The quantitative estimate of drug-likeness (QED) is 0.162. The zero-order valence-corrected chi connectivity index (χ0v) is 35.5. The maximum Gasteiger partial charge on any atom is 0.164 e. The van der Waals surface area contributed by atoms with Crippen LogP contribution in [-0.2, 0) is 0 Å². The first-order valence-electron chi connectivity index (χ1n) is 22.3. The fourth-order valence-corrected chi connectivity index (χ4v) is 10.4. The van der Waals surface area contributed by atoms with Gasteiger partial charge in [-0.05, 0) is 103 Å². The molecule has 3 aromatic heterocycles. The number of fused-ring (bicyclic) bond motifs is 12. The minimum Gasteiger partial charge on any atom is -0.456 e. The summed E-state index contributed by atoms with van der Waals surface area (Å²) < 4.78 is 9.11. The van der Waals surface area contributed by atoms with Crippen LogP contribution in [0.2, 0.25) is 0 Å². The summed E-state index contributed by atoms with van der Waals surface area (Å²) in [5.74, 6) is 1.80. The van der Waals surface area contributed by atoms with Gasteiger partial charge in [0.1, 0.15) is 11.2 Å². The molecule has 14 rings (SSSR count). The smallest absolute Gasteiger partial charge is 0.164 e. The molecule has 0 spiro atoms. The Hall–Kier alpha value is -8.93. The first kappa shape index (κ1) is 36.5. The highest BCUT2D eigenvalue weighted by molar-refractivity contribution is 6.23. The number of aromatic nitrogens is 4. The van der Waals surface area contributed by atoms with Gasteiger partial charge in [-0.2, -0.15) is 0 Å². The van der Waals surface area contributed by atoms with E-state index in [9.17, 15) is 0 Å². The number of para-hydroxylation sites is 1. The zero-order valence-electron chi connectivity index (χ0n) is 35.5. The van der Waals surface area contributed by atoms with Crippen molar-refractivity contribution >= 4 is 86.8 Å². The highest BCUT2D eigenvalue weighted by Gasteiger charge is 2.23. The average molecular weight is 841 g/mol. The molecule has 0 saturated carbocycles. The molecule has 0 amide bonds. The van der Waals surface area contributed by atoms with Gasteiger partial charge >= 0.3 is 0 Å². The first-order valence-corrected chi connectivity index (χ1v) is 22.3. The Balaban J connectivity index is 1.09. The van der Waals surface area contributed by atoms with Crippen molar-refractivity contribution in [3.05, 3.63) is 218 Å². The summed E-state index contributed by atoms with van der Waals surface area (Å²) in [5, 5.41) is 13.9. The van der Waals surface area contributed by atoms with Gasteiger partial charge in [-0.25, -0.2) is 15.0 Å². The molecule has 5 nitrogen and oxygen atoms in total. The molecule has 0 fully saturated rings. The molecule has 0 N–H and O–H groups in total. The van der Waals surface area contributed by atoms with Gasteiger partial charge in [-0.1, -0.05) is 170 Å². The molecular formula is C61H36N4O. The standard InChI is InChI=1S/C61H36N4O/c1-2-16-39(17-3-1)59-62-60(49-25-12-23-45-43-20-8-6-14-37(43)28-31-46(45)49)64-61(63-59)50-32-30-42(65-53-26-11-10-22-47(53)52-34-40-18-4-5-19-41(40)35-54(52)65)36-51(50)48-24-13-27-55-58(48)57-44-21-9-7-15-38(44)29-33-56(57)66-55/h1-36H. The van der Waals surface area contributed by atoms with Crippen LogP contribution >= 0.6 is 0 Å². The Labute approximate surface area is 378 Å². The highest BCUT2D eigenvalue weighted by Crippen LogP contribution is 2.45. The van der Waals surface area contributed by atoms with E-state index in [-0.39, 0.29) is 0 Å². The second-order valence-electron chi connectivity index (χ2n) is 17.1. The Morgan fingerprint density at radius 3 is 1.77 bits per heavy atom. The SMILES string of the molecule is c1ccc(-c2nc(-c3ccc(-n4c5ccccc5c5cc6ccccc6cc54)cc3-c3cccc4oc5ccc6ccccc6c5c34)nc(-c3cccc4c3ccc3ccccc34)n2)cc1. The molecule has 5 heteroatoms. The van der Waals surface area contributed by atoms with Crippen LogP contribution in [0.4, 0.5) is 0 Å². The summed E-state index contributed by atoms with van der Waals surface area (Å²) in [7, 11) is 0. The summed E-state index contributed by atoms with van der Waals surface area (Å²) in [5.41, 5.74) is 9.75. The van der Waals surface area contributed by atoms with Gasteiger partial charge in [0.2, 0.25) is 0 Å². The second-order valence-corrected chi connectivity index (χ2v) is 17.1. The molecule has 0 radical (unpaired) electrons. The number of rotatable bonds is 5. The fraction of sp³-hybridized carbons (Fsp3) is 0. The van der Waals surface area contributed by atoms with Gasteiger partial charge in [0.15, 0.2) is 17.5 Å². The van der Waals surface area contributed by atoms with Crippen molar-refractivity contribution in [2.24, 2.45) is 0 Å². The minimum absolute atomic E-state index is 0.584. The van der Waals surface area contributed by atoms with Crippen molar-refractivity contribution in [3.63, 3.8) is 0 Å². The van der Waals surface area contributed by atoms with Crippen LogP contribution in [0, 0.1) is 0 Å². The summed E-state index contributed by atoms with van der Waals surface area (Å²) in [6.45, 7) is 0. The molecule has 0 saturated heterocycles. The van der Waals surface area contributed by atoms with Gasteiger partial charge < -0.3 is 8.98 Å². The lowest BCUT2D eigenvalue weighted by Gasteiger charge is -2.17. The average Bonchev–Trinajstić information content (AvgIpc) is 3.93. The second kappa shape index (κ2) is 14.3. The molecule has 0 unspecified atom stereocenters.